The molecule has 0 spiro atoms. The van der Waals surface area contributed by atoms with Crippen LogP contribution in [-0.2, 0) is 26.0 Å². The number of carbonyl (C=O) groups is 2. The van der Waals surface area contributed by atoms with E-state index in [-0.39, 0.29) is 17.2 Å². The number of carbonyl (C=O) groups excluding carboxylic acids is 2. The van der Waals surface area contributed by atoms with Gasteiger partial charge in [-0.25, -0.2) is 13.1 Å². The van der Waals surface area contributed by atoms with Gasteiger partial charge in [0, 0.05) is 18.2 Å². The maximum Gasteiger partial charge on any atom is 0.264 e. The molecule has 0 fully saturated rings. The first-order chi connectivity index (χ1) is 11.8. The van der Waals surface area contributed by atoms with E-state index in [4.69, 9.17) is 4.74 Å². The van der Waals surface area contributed by atoms with E-state index in [1.807, 2.05) is 4.72 Å². The quantitative estimate of drug-likeness (QED) is 0.814. The van der Waals surface area contributed by atoms with Gasteiger partial charge < -0.3 is 10.1 Å². The van der Waals surface area contributed by atoms with Crippen LogP contribution in [0.25, 0.3) is 0 Å². The Kier molecular flexibility index (Phi) is 5.76. The summed E-state index contributed by atoms with van der Waals surface area (Å²) in [6, 6.07) is 12.4. The number of sulfonamides is 1. The highest BCUT2D eigenvalue weighted by Crippen LogP contribution is 2.18. The molecule has 2 aromatic carbocycles. The Morgan fingerprint density at radius 2 is 1.68 bits per heavy atom. The molecule has 8 heteroatoms. The molecule has 25 heavy (non-hydrogen) atoms. The number of hydrogen-bond donors (Lipinski definition) is 2. The maximum absolute atomic E-state index is 12.3. The zero-order chi connectivity index (χ0) is 18.4. The molecule has 0 atom stereocenters. The van der Waals surface area contributed by atoms with Crippen LogP contribution in [0.2, 0.25) is 0 Å². The van der Waals surface area contributed by atoms with Gasteiger partial charge in [0.05, 0.1) is 18.4 Å². The number of nitrogens with one attached hydrogen (secondary N) is 2. The molecular formula is C17H18N2O5S. The third-order valence-electron chi connectivity index (χ3n) is 3.28. The molecule has 0 unspecified atom stereocenters. The molecule has 0 aliphatic heterocycles. The van der Waals surface area contributed by atoms with E-state index < -0.39 is 15.9 Å². The lowest BCUT2D eigenvalue weighted by Gasteiger charge is -2.10. The molecule has 7 nitrogen and oxygen atoms in total. The minimum atomic E-state index is -4.00. The Hall–Kier alpha value is -2.87. The highest BCUT2D eigenvalue weighted by Gasteiger charge is 2.18. The summed E-state index contributed by atoms with van der Waals surface area (Å²) < 4.78 is 31.7. The van der Waals surface area contributed by atoms with Crippen molar-refractivity contribution in [2.45, 2.75) is 18.2 Å². The number of benzene rings is 2. The SMILES string of the molecule is COc1ccccc1CC(=O)NS(=O)(=O)c1ccc(NC(C)=O)cc1. The largest absolute Gasteiger partial charge is 0.496 e. The second-order valence-electron chi connectivity index (χ2n) is 5.22. The van der Waals surface area contributed by atoms with E-state index in [0.29, 0.717) is 17.0 Å². The standard InChI is InChI=1S/C17H18N2O5S/c1-12(20)18-14-7-9-15(10-8-14)25(22,23)19-17(21)11-13-5-3-4-6-16(13)24-2/h3-10H,11H2,1-2H3,(H,18,20)(H,19,21). The van der Waals surface area contributed by atoms with E-state index in [2.05, 4.69) is 5.32 Å². The van der Waals surface area contributed by atoms with Gasteiger partial charge in [0.1, 0.15) is 5.75 Å². The van der Waals surface area contributed by atoms with Crippen LogP contribution in [0, 0.1) is 0 Å². The predicted molar refractivity (Wildman–Crippen MR) is 92.8 cm³/mol. The lowest BCUT2D eigenvalue weighted by molar-refractivity contribution is -0.118. The number of anilines is 1. The fourth-order valence-electron chi connectivity index (χ4n) is 2.19. The van der Waals surface area contributed by atoms with Gasteiger partial charge in [-0.3, -0.25) is 9.59 Å². The Balaban J connectivity index is 2.09. The Labute approximate surface area is 146 Å². The molecule has 0 aliphatic rings. The zero-order valence-corrected chi connectivity index (χ0v) is 14.6. The summed E-state index contributed by atoms with van der Waals surface area (Å²) in [5.41, 5.74) is 1.05. The third-order valence-corrected chi connectivity index (χ3v) is 4.67. The summed E-state index contributed by atoms with van der Waals surface area (Å²) in [5.74, 6) is -0.425. The molecule has 132 valence electrons. The minimum absolute atomic E-state index is 0.0741. The summed E-state index contributed by atoms with van der Waals surface area (Å²) in [6.45, 7) is 1.35. The van der Waals surface area contributed by atoms with Gasteiger partial charge in [-0.15, -0.1) is 0 Å². The van der Waals surface area contributed by atoms with E-state index in [0.717, 1.165) is 0 Å². The molecule has 0 aliphatic carbocycles. The van der Waals surface area contributed by atoms with Crippen molar-refractivity contribution in [3.8, 4) is 5.75 Å². The van der Waals surface area contributed by atoms with Crippen molar-refractivity contribution in [3.63, 3.8) is 0 Å². The van der Waals surface area contributed by atoms with E-state index >= 15 is 0 Å². The lowest BCUT2D eigenvalue weighted by atomic mass is 10.1. The Morgan fingerprint density at radius 3 is 2.28 bits per heavy atom. The third kappa shape index (κ3) is 5.05. The molecule has 2 N–H and O–H groups in total. The van der Waals surface area contributed by atoms with Crippen LogP contribution in [0.3, 0.4) is 0 Å². The van der Waals surface area contributed by atoms with Crippen molar-refractivity contribution in [2.75, 3.05) is 12.4 Å². The van der Waals surface area contributed by atoms with Crippen LogP contribution in [-0.4, -0.2) is 27.3 Å². The fourth-order valence-corrected chi connectivity index (χ4v) is 3.17. The van der Waals surface area contributed by atoms with Crippen LogP contribution in [0.15, 0.2) is 53.4 Å². The van der Waals surface area contributed by atoms with Gasteiger partial charge in [-0.2, -0.15) is 0 Å². The van der Waals surface area contributed by atoms with Gasteiger partial charge in [0.15, 0.2) is 0 Å². The lowest BCUT2D eigenvalue weighted by Crippen LogP contribution is -2.31. The van der Waals surface area contributed by atoms with Gasteiger partial charge >= 0.3 is 0 Å². The highest BCUT2D eigenvalue weighted by molar-refractivity contribution is 7.90. The summed E-state index contributed by atoms with van der Waals surface area (Å²) in [6.07, 6.45) is -0.132. The number of rotatable bonds is 6. The Bertz CT molecular complexity index is 876. The molecule has 0 heterocycles. The van der Waals surface area contributed by atoms with Crippen molar-refractivity contribution in [1.29, 1.82) is 0 Å². The summed E-state index contributed by atoms with van der Waals surface area (Å²) in [5, 5.41) is 2.53. The number of amides is 2. The highest BCUT2D eigenvalue weighted by atomic mass is 32.2. The molecule has 0 radical (unpaired) electrons. The van der Waals surface area contributed by atoms with Crippen molar-refractivity contribution >= 4 is 27.5 Å². The molecule has 0 saturated heterocycles. The number of hydrogen-bond acceptors (Lipinski definition) is 5. The van der Waals surface area contributed by atoms with Crippen LogP contribution in [0.4, 0.5) is 5.69 Å². The van der Waals surface area contributed by atoms with Crippen molar-refractivity contribution < 1.29 is 22.7 Å². The van der Waals surface area contributed by atoms with Crippen molar-refractivity contribution in [1.82, 2.24) is 4.72 Å². The molecule has 0 saturated carbocycles. The first kappa shape index (κ1) is 18.5. The Morgan fingerprint density at radius 1 is 1.04 bits per heavy atom. The summed E-state index contributed by atoms with van der Waals surface area (Å²) in [7, 11) is -2.52. The first-order valence-electron chi connectivity index (χ1n) is 7.37. The average Bonchev–Trinajstić information content (AvgIpc) is 2.54. The van der Waals surface area contributed by atoms with Crippen molar-refractivity contribution in [3.05, 3.63) is 54.1 Å². The molecular weight excluding hydrogens is 344 g/mol. The van der Waals surface area contributed by atoms with Gasteiger partial charge in [-0.05, 0) is 30.3 Å². The topological polar surface area (TPSA) is 102 Å². The van der Waals surface area contributed by atoms with E-state index in [1.54, 1.807) is 24.3 Å². The van der Waals surface area contributed by atoms with E-state index in [9.17, 15) is 18.0 Å². The van der Waals surface area contributed by atoms with Crippen LogP contribution in [0.1, 0.15) is 12.5 Å². The molecule has 0 bridgehead atoms. The minimum Gasteiger partial charge on any atom is -0.496 e. The summed E-state index contributed by atoms with van der Waals surface area (Å²) >= 11 is 0. The van der Waals surface area contributed by atoms with Crippen LogP contribution >= 0.6 is 0 Å². The van der Waals surface area contributed by atoms with Crippen LogP contribution < -0.4 is 14.8 Å². The van der Waals surface area contributed by atoms with Gasteiger partial charge in [-0.1, -0.05) is 18.2 Å². The number of methoxy groups -OCH3 is 1. The molecule has 0 aromatic heterocycles. The number of para-hydroxylation sites is 1. The second-order valence-corrected chi connectivity index (χ2v) is 6.91. The molecule has 2 amide bonds. The fraction of sp³-hybridized carbons (Fsp3) is 0.176. The summed E-state index contributed by atoms with van der Waals surface area (Å²) in [4.78, 5) is 23.0. The smallest absolute Gasteiger partial charge is 0.264 e. The monoisotopic (exact) mass is 362 g/mol. The first-order valence-corrected chi connectivity index (χ1v) is 8.85. The average molecular weight is 362 g/mol. The zero-order valence-electron chi connectivity index (χ0n) is 13.8. The maximum atomic E-state index is 12.3. The second kappa shape index (κ2) is 7.80. The van der Waals surface area contributed by atoms with Gasteiger partial charge in [0.2, 0.25) is 11.8 Å². The van der Waals surface area contributed by atoms with E-state index in [1.165, 1.54) is 38.3 Å². The van der Waals surface area contributed by atoms with Gasteiger partial charge in [0.25, 0.3) is 10.0 Å². The van der Waals surface area contributed by atoms with Crippen LogP contribution in [0.5, 0.6) is 5.75 Å². The molecule has 2 rings (SSSR count). The normalized spacial score (nSPS) is 10.8. The predicted octanol–water partition coefficient (Wildman–Crippen LogP) is 1.70. The molecule has 2 aromatic rings. The number of ether oxygens (including phenoxy) is 1. The van der Waals surface area contributed by atoms with Crippen molar-refractivity contribution in [2.24, 2.45) is 0 Å².